The Kier molecular flexibility index (Phi) is 4.13. The molecule has 0 bridgehead atoms. The predicted molar refractivity (Wildman–Crippen MR) is 61.7 cm³/mol. The molecular formula is C10H8BrClN2O. The van der Waals surface area contributed by atoms with Crippen LogP contribution < -0.4 is 0 Å². The number of carbonyl (C=O) groups excluding carboxylic acids is 1. The van der Waals surface area contributed by atoms with E-state index < -0.39 is 0 Å². The summed E-state index contributed by atoms with van der Waals surface area (Å²) in [5, 5.41) is 8.85. The zero-order valence-electron chi connectivity index (χ0n) is 8.00. The van der Waals surface area contributed by atoms with E-state index in [1.165, 1.54) is 4.90 Å². The molecule has 0 aliphatic rings. The highest BCUT2D eigenvalue weighted by molar-refractivity contribution is 9.10. The number of nitrogens with zero attached hydrogens (tertiary/aromatic N) is 2. The van der Waals surface area contributed by atoms with Gasteiger partial charge >= 0.3 is 0 Å². The minimum Gasteiger partial charge on any atom is -0.328 e. The molecule has 1 aromatic carbocycles. The number of nitriles is 1. The van der Waals surface area contributed by atoms with Crippen LogP contribution in [0.4, 0.5) is 0 Å². The van der Waals surface area contributed by atoms with Gasteiger partial charge in [0.1, 0.15) is 6.54 Å². The summed E-state index contributed by atoms with van der Waals surface area (Å²) >= 11 is 9.14. The largest absolute Gasteiger partial charge is 0.328 e. The molecular weight excluding hydrogens is 279 g/mol. The third kappa shape index (κ3) is 2.95. The van der Waals surface area contributed by atoms with Crippen LogP contribution in [0, 0.1) is 11.3 Å². The SMILES string of the molecule is CN(CC#N)C(=O)c1cc(Br)ccc1Cl. The van der Waals surface area contributed by atoms with E-state index in [2.05, 4.69) is 15.9 Å². The number of carbonyl (C=O) groups is 1. The third-order valence-electron chi connectivity index (χ3n) is 1.81. The number of rotatable bonds is 2. The molecule has 0 saturated heterocycles. The summed E-state index contributed by atoms with van der Waals surface area (Å²) in [6.07, 6.45) is 0. The standard InChI is InChI=1S/C10H8BrClN2O/c1-14(5-4-13)10(15)8-6-7(11)2-3-9(8)12/h2-3,6H,5H2,1H3. The van der Waals surface area contributed by atoms with Crippen molar-refractivity contribution in [2.45, 2.75) is 0 Å². The summed E-state index contributed by atoms with van der Waals surface area (Å²) in [5.41, 5.74) is 0.392. The second-order valence-corrected chi connectivity index (χ2v) is 4.27. The van der Waals surface area contributed by atoms with E-state index in [0.717, 1.165) is 4.47 Å². The first kappa shape index (κ1) is 12.0. The Labute approximate surface area is 101 Å². The van der Waals surface area contributed by atoms with Gasteiger partial charge in [0, 0.05) is 11.5 Å². The zero-order valence-corrected chi connectivity index (χ0v) is 10.3. The molecule has 0 saturated carbocycles. The van der Waals surface area contributed by atoms with Gasteiger partial charge in [-0.25, -0.2) is 0 Å². The summed E-state index contributed by atoms with van der Waals surface area (Å²) in [6.45, 7) is 0.0433. The lowest BCUT2D eigenvalue weighted by molar-refractivity contribution is 0.0812. The first-order chi connectivity index (χ1) is 7.06. The molecule has 78 valence electrons. The average molecular weight is 288 g/mol. The van der Waals surface area contributed by atoms with Crippen molar-refractivity contribution in [3.8, 4) is 6.07 Å². The van der Waals surface area contributed by atoms with E-state index in [1.807, 2.05) is 6.07 Å². The second kappa shape index (κ2) is 5.15. The van der Waals surface area contributed by atoms with Crippen molar-refractivity contribution < 1.29 is 4.79 Å². The van der Waals surface area contributed by atoms with Crippen LogP contribution in [0.5, 0.6) is 0 Å². The average Bonchev–Trinajstić information content (AvgIpc) is 2.21. The number of amides is 1. The van der Waals surface area contributed by atoms with Gasteiger partial charge in [0.2, 0.25) is 0 Å². The molecule has 0 spiro atoms. The van der Waals surface area contributed by atoms with Crippen LogP contribution in [-0.4, -0.2) is 24.4 Å². The predicted octanol–water partition coefficient (Wildman–Crippen LogP) is 2.70. The molecule has 1 rings (SSSR count). The van der Waals surface area contributed by atoms with Crippen LogP contribution in [0.25, 0.3) is 0 Å². The Morgan fingerprint density at radius 3 is 2.93 bits per heavy atom. The van der Waals surface area contributed by atoms with Crippen molar-refractivity contribution in [3.63, 3.8) is 0 Å². The molecule has 0 N–H and O–H groups in total. The Bertz CT molecular complexity index is 428. The van der Waals surface area contributed by atoms with E-state index in [0.29, 0.717) is 10.6 Å². The van der Waals surface area contributed by atoms with E-state index in [-0.39, 0.29) is 12.5 Å². The van der Waals surface area contributed by atoms with Gasteiger partial charge in [-0.3, -0.25) is 4.79 Å². The van der Waals surface area contributed by atoms with Gasteiger partial charge < -0.3 is 4.90 Å². The highest BCUT2D eigenvalue weighted by Gasteiger charge is 2.14. The topological polar surface area (TPSA) is 44.1 Å². The fourth-order valence-electron chi connectivity index (χ4n) is 1.04. The molecule has 0 radical (unpaired) electrons. The third-order valence-corrected chi connectivity index (χ3v) is 2.64. The van der Waals surface area contributed by atoms with Gasteiger partial charge in [0.05, 0.1) is 16.7 Å². The minimum absolute atomic E-state index is 0.0433. The van der Waals surface area contributed by atoms with Gasteiger partial charge in [-0.15, -0.1) is 0 Å². The highest BCUT2D eigenvalue weighted by atomic mass is 79.9. The molecule has 3 nitrogen and oxygen atoms in total. The fourth-order valence-corrected chi connectivity index (χ4v) is 1.60. The van der Waals surface area contributed by atoms with Crippen LogP contribution in [0.3, 0.4) is 0 Å². The number of halogens is 2. The lowest BCUT2D eigenvalue weighted by atomic mass is 10.2. The van der Waals surface area contributed by atoms with Crippen LogP contribution in [-0.2, 0) is 0 Å². The summed E-state index contributed by atoms with van der Waals surface area (Å²) in [5.74, 6) is -0.261. The molecule has 0 aliphatic heterocycles. The maximum absolute atomic E-state index is 11.8. The Morgan fingerprint density at radius 1 is 1.67 bits per heavy atom. The summed E-state index contributed by atoms with van der Waals surface area (Å²) in [6, 6.07) is 6.93. The molecule has 15 heavy (non-hydrogen) atoms. The van der Waals surface area contributed by atoms with E-state index in [1.54, 1.807) is 25.2 Å². The Hall–Kier alpha value is -1.05. The summed E-state index contributed by atoms with van der Waals surface area (Å²) in [4.78, 5) is 13.1. The van der Waals surface area contributed by atoms with Gasteiger partial charge in [-0.1, -0.05) is 27.5 Å². The molecule has 0 atom stereocenters. The Balaban J connectivity index is 3.01. The van der Waals surface area contributed by atoms with Crippen molar-refractivity contribution >= 4 is 33.4 Å². The smallest absolute Gasteiger partial charge is 0.256 e. The minimum atomic E-state index is -0.261. The van der Waals surface area contributed by atoms with Gasteiger partial charge in [-0.2, -0.15) is 5.26 Å². The van der Waals surface area contributed by atoms with Gasteiger partial charge in [-0.05, 0) is 18.2 Å². The van der Waals surface area contributed by atoms with Crippen molar-refractivity contribution in [1.82, 2.24) is 4.90 Å². The summed E-state index contributed by atoms with van der Waals surface area (Å²) < 4.78 is 0.778. The maximum Gasteiger partial charge on any atom is 0.256 e. The highest BCUT2D eigenvalue weighted by Crippen LogP contribution is 2.21. The van der Waals surface area contributed by atoms with E-state index in [9.17, 15) is 4.79 Å². The first-order valence-electron chi connectivity index (χ1n) is 4.13. The molecule has 1 aromatic rings. The molecule has 0 aliphatic carbocycles. The monoisotopic (exact) mass is 286 g/mol. The van der Waals surface area contributed by atoms with Gasteiger partial charge in [0.25, 0.3) is 5.91 Å². The van der Waals surface area contributed by atoms with Crippen LogP contribution in [0.2, 0.25) is 5.02 Å². The second-order valence-electron chi connectivity index (χ2n) is 2.94. The maximum atomic E-state index is 11.8. The van der Waals surface area contributed by atoms with Crippen molar-refractivity contribution in [2.24, 2.45) is 0 Å². The quantitative estimate of drug-likeness (QED) is 0.785. The van der Waals surface area contributed by atoms with E-state index in [4.69, 9.17) is 16.9 Å². The summed E-state index contributed by atoms with van der Waals surface area (Å²) in [7, 11) is 1.56. The first-order valence-corrected chi connectivity index (χ1v) is 5.31. The number of hydrogen-bond donors (Lipinski definition) is 0. The molecule has 0 heterocycles. The fraction of sp³-hybridized carbons (Fsp3) is 0.200. The van der Waals surface area contributed by atoms with Crippen LogP contribution in [0.1, 0.15) is 10.4 Å². The van der Waals surface area contributed by atoms with E-state index >= 15 is 0 Å². The normalized spacial score (nSPS) is 9.47. The number of benzene rings is 1. The molecule has 0 fully saturated rings. The molecule has 1 amide bonds. The zero-order chi connectivity index (χ0) is 11.4. The van der Waals surface area contributed by atoms with Crippen molar-refractivity contribution in [2.75, 3.05) is 13.6 Å². The van der Waals surface area contributed by atoms with Crippen LogP contribution in [0.15, 0.2) is 22.7 Å². The lowest BCUT2D eigenvalue weighted by Crippen LogP contribution is -2.27. The lowest BCUT2D eigenvalue weighted by Gasteiger charge is -2.14. The van der Waals surface area contributed by atoms with Gasteiger partial charge in [0.15, 0.2) is 0 Å². The van der Waals surface area contributed by atoms with Crippen molar-refractivity contribution in [3.05, 3.63) is 33.3 Å². The molecule has 0 unspecified atom stereocenters. The number of hydrogen-bond acceptors (Lipinski definition) is 2. The van der Waals surface area contributed by atoms with Crippen molar-refractivity contribution in [1.29, 1.82) is 5.26 Å². The Morgan fingerprint density at radius 2 is 2.33 bits per heavy atom. The molecule has 5 heteroatoms. The van der Waals surface area contributed by atoms with Crippen LogP contribution >= 0.6 is 27.5 Å². The molecule has 0 aromatic heterocycles.